The molecule has 0 atom stereocenters. The van der Waals surface area contributed by atoms with Crippen molar-refractivity contribution in [2.45, 2.75) is 44.4 Å². The number of carbonyl (C=O) groups is 1. The summed E-state index contributed by atoms with van der Waals surface area (Å²) in [6.07, 6.45) is 11.0. The monoisotopic (exact) mass is 269 g/mol. The van der Waals surface area contributed by atoms with Gasteiger partial charge in [-0.25, -0.2) is 9.97 Å². The zero-order chi connectivity index (χ0) is 14.0. The first-order chi connectivity index (χ1) is 9.72. The third kappa shape index (κ3) is 2.52. The molecule has 0 saturated heterocycles. The minimum atomic E-state index is -0.381. The van der Waals surface area contributed by atoms with E-state index in [2.05, 4.69) is 26.1 Å². The van der Waals surface area contributed by atoms with Gasteiger partial charge in [0.25, 0.3) is 0 Å². The number of rotatable bonds is 5. The Morgan fingerprint density at radius 1 is 1.40 bits per heavy atom. The van der Waals surface area contributed by atoms with Gasteiger partial charge in [0, 0.05) is 44.0 Å². The molecule has 3 rings (SSSR count). The van der Waals surface area contributed by atoms with Gasteiger partial charge in [0.05, 0.1) is 12.2 Å². The minimum absolute atomic E-state index is 0.111. The van der Waals surface area contributed by atoms with Gasteiger partial charge in [-0.3, -0.25) is 4.79 Å². The van der Waals surface area contributed by atoms with Crippen LogP contribution in [0.15, 0.2) is 22.8 Å². The molecule has 0 radical (unpaired) electrons. The summed E-state index contributed by atoms with van der Waals surface area (Å²) in [7, 11) is 0. The smallest absolute Gasteiger partial charge is 0.223 e. The fraction of sp³-hybridized carbons (Fsp3) is 0.500. The summed E-state index contributed by atoms with van der Waals surface area (Å²) in [5, 5.41) is 8.09. The summed E-state index contributed by atoms with van der Waals surface area (Å²) in [6, 6.07) is 0. The molecule has 1 amide bonds. The van der Waals surface area contributed by atoms with Crippen LogP contribution < -0.4 is 0 Å². The summed E-state index contributed by atoms with van der Waals surface area (Å²) in [4.78, 5) is 22.2. The SMILES string of the molecule is C#CCCC1(CCC(=O)N2Cc3cncnc3C2)N=N1. The molecule has 6 heteroatoms. The van der Waals surface area contributed by atoms with E-state index in [-0.39, 0.29) is 11.6 Å². The van der Waals surface area contributed by atoms with Gasteiger partial charge >= 0.3 is 0 Å². The Balaban J connectivity index is 1.51. The number of hydrogen-bond donors (Lipinski definition) is 0. The lowest BCUT2D eigenvalue weighted by Crippen LogP contribution is -2.27. The van der Waals surface area contributed by atoms with E-state index in [1.807, 2.05) is 0 Å². The lowest BCUT2D eigenvalue weighted by Gasteiger charge is -2.16. The molecular weight excluding hydrogens is 254 g/mol. The Hall–Kier alpha value is -2.29. The Morgan fingerprint density at radius 2 is 2.25 bits per heavy atom. The molecule has 2 aliphatic heterocycles. The number of nitrogens with zero attached hydrogens (tertiary/aromatic N) is 5. The first-order valence-electron chi connectivity index (χ1n) is 6.65. The van der Waals surface area contributed by atoms with Crippen molar-refractivity contribution in [3.8, 4) is 12.3 Å². The van der Waals surface area contributed by atoms with E-state index < -0.39 is 0 Å². The highest BCUT2D eigenvalue weighted by Crippen LogP contribution is 2.38. The lowest BCUT2D eigenvalue weighted by molar-refractivity contribution is -0.132. The Kier molecular flexibility index (Phi) is 3.18. The highest BCUT2D eigenvalue weighted by atomic mass is 16.2. The quantitative estimate of drug-likeness (QED) is 0.763. The normalized spacial score (nSPS) is 17.6. The Morgan fingerprint density at radius 3 is 2.95 bits per heavy atom. The van der Waals surface area contributed by atoms with Crippen molar-refractivity contribution in [2.24, 2.45) is 10.2 Å². The van der Waals surface area contributed by atoms with E-state index in [1.165, 1.54) is 6.33 Å². The molecule has 2 aliphatic rings. The van der Waals surface area contributed by atoms with E-state index in [4.69, 9.17) is 6.42 Å². The third-order valence-corrected chi connectivity index (χ3v) is 3.73. The topological polar surface area (TPSA) is 70.8 Å². The molecular formula is C14H15N5O. The van der Waals surface area contributed by atoms with Gasteiger partial charge < -0.3 is 4.90 Å². The second kappa shape index (κ2) is 5.00. The van der Waals surface area contributed by atoms with Crippen molar-refractivity contribution in [1.82, 2.24) is 14.9 Å². The molecule has 1 aromatic heterocycles. The van der Waals surface area contributed by atoms with Crippen molar-refractivity contribution in [3.05, 3.63) is 23.8 Å². The predicted molar refractivity (Wildman–Crippen MR) is 71.2 cm³/mol. The largest absolute Gasteiger partial charge is 0.332 e. The van der Waals surface area contributed by atoms with Crippen LogP contribution in [-0.2, 0) is 17.9 Å². The van der Waals surface area contributed by atoms with Crippen LogP contribution >= 0.6 is 0 Å². The van der Waals surface area contributed by atoms with Gasteiger partial charge in [0.15, 0.2) is 5.66 Å². The fourth-order valence-electron chi connectivity index (χ4n) is 2.41. The molecule has 1 aromatic rings. The standard InChI is InChI=1S/C14H15N5O/c1-2-3-5-14(17-18-14)6-4-13(20)19-8-11-7-15-10-16-12(11)9-19/h1,7,10H,3-6,8-9H2. The van der Waals surface area contributed by atoms with E-state index in [0.29, 0.717) is 32.4 Å². The second-order valence-electron chi connectivity index (χ2n) is 5.13. The van der Waals surface area contributed by atoms with Crippen LogP contribution in [0, 0.1) is 12.3 Å². The number of terminal acetylenes is 1. The van der Waals surface area contributed by atoms with Crippen LogP contribution in [0.25, 0.3) is 0 Å². The van der Waals surface area contributed by atoms with Gasteiger partial charge in [0.2, 0.25) is 5.91 Å². The van der Waals surface area contributed by atoms with Gasteiger partial charge in [-0.05, 0) is 0 Å². The molecule has 0 bridgehead atoms. The summed E-state index contributed by atoms with van der Waals surface area (Å²) in [5.74, 6) is 2.70. The number of aromatic nitrogens is 2. The fourth-order valence-corrected chi connectivity index (χ4v) is 2.41. The number of amides is 1. The van der Waals surface area contributed by atoms with Crippen molar-refractivity contribution in [2.75, 3.05) is 0 Å². The molecule has 3 heterocycles. The molecule has 0 unspecified atom stereocenters. The maximum Gasteiger partial charge on any atom is 0.223 e. The maximum atomic E-state index is 12.2. The van der Waals surface area contributed by atoms with Crippen LogP contribution in [0.2, 0.25) is 0 Å². The van der Waals surface area contributed by atoms with Crippen LogP contribution in [0.1, 0.15) is 36.9 Å². The molecule has 102 valence electrons. The highest BCUT2D eigenvalue weighted by molar-refractivity contribution is 5.77. The summed E-state index contributed by atoms with van der Waals surface area (Å²) in [6.45, 7) is 1.17. The summed E-state index contributed by atoms with van der Waals surface area (Å²) < 4.78 is 0. The molecule has 0 saturated carbocycles. The van der Waals surface area contributed by atoms with Gasteiger partial charge in [-0.2, -0.15) is 10.2 Å². The molecule has 0 spiro atoms. The van der Waals surface area contributed by atoms with Crippen molar-refractivity contribution < 1.29 is 4.79 Å². The molecule has 0 aliphatic carbocycles. The van der Waals surface area contributed by atoms with Crippen LogP contribution in [0.3, 0.4) is 0 Å². The Bertz CT molecular complexity index is 573. The second-order valence-corrected chi connectivity index (χ2v) is 5.13. The molecule has 0 aromatic carbocycles. The number of carbonyl (C=O) groups excluding carboxylic acids is 1. The van der Waals surface area contributed by atoms with Crippen molar-refractivity contribution >= 4 is 5.91 Å². The molecule has 0 N–H and O–H groups in total. The summed E-state index contributed by atoms with van der Waals surface area (Å²) >= 11 is 0. The molecule has 0 fully saturated rings. The van der Waals surface area contributed by atoms with Crippen LogP contribution in [0.5, 0.6) is 0 Å². The zero-order valence-electron chi connectivity index (χ0n) is 11.1. The Labute approximate surface area is 117 Å². The predicted octanol–water partition coefficient (Wildman–Crippen LogP) is 1.67. The minimum Gasteiger partial charge on any atom is -0.332 e. The number of fused-ring (bicyclic) bond motifs is 1. The van der Waals surface area contributed by atoms with E-state index in [9.17, 15) is 4.79 Å². The number of hydrogen-bond acceptors (Lipinski definition) is 5. The van der Waals surface area contributed by atoms with Gasteiger partial charge in [0.1, 0.15) is 6.33 Å². The van der Waals surface area contributed by atoms with Gasteiger partial charge in [-0.15, -0.1) is 12.3 Å². The first-order valence-corrected chi connectivity index (χ1v) is 6.65. The van der Waals surface area contributed by atoms with Crippen LogP contribution in [-0.4, -0.2) is 26.4 Å². The maximum absolute atomic E-state index is 12.2. The summed E-state index contributed by atoms with van der Waals surface area (Å²) in [5.41, 5.74) is 1.59. The van der Waals surface area contributed by atoms with Gasteiger partial charge in [-0.1, -0.05) is 0 Å². The highest BCUT2D eigenvalue weighted by Gasteiger charge is 2.40. The lowest BCUT2D eigenvalue weighted by atomic mass is 10.0. The zero-order valence-corrected chi connectivity index (χ0v) is 11.1. The van der Waals surface area contributed by atoms with Crippen LogP contribution in [0.4, 0.5) is 0 Å². The average molecular weight is 269 g/mol. The van der Waals surface area contributed by atoms with E-state index in [1.54, 1.807) is 11.1 Å². The first kappa shape index (κ1) is 12.7. The van der Waals surface area contributed by atoms with E-state index in [0.717, 1.165) is 17.7 Å². The van der Waals surface area contributed by atoms with Crippen molar-refractivity contribution in [3.63, 3.8) is 0 Å². The van der Waals surface area contributed by atoms with Crippen molar-refractivity contribution in [1.29, 1.82) is 0 Å². The average Bonchev–Trinajstić information content (AvgIpc) is 3.11. The molecule has 20 heavy (non-hydrogen) atoms. The third-order valence-electron chi connectivity index (χ3n) is 3.73. The van der Waals surface area contributed by atoms with E-state index >= 15 is 0 Å². The molecule has 6 nitrogen and oxygen atoms in total.